The Morgan fingerprint density at radius 2 is 1.75 bits per heavy atom. The molecule has 2 aromatic rings. The van der Waals surface area contributed by atoms with Crippen molar-refractivity contribution in [1.29, 1.82) is 0 Å². The van der Waals surface area contributed by atoms with Gasteiger partial charge in [-0.3, -0.25) is 9.59 Å². The highest BCUT2D eigenvalue weighted by Gasteiger charge is 2.42. The summed E-state index contributed by atoms with van der Waals surface area (Å²) in [6, 6.07) is 6.72. The van der Waals surface area contributed by atoms with E-state index in [9.17, 15) is 24.3 Å². The van der Waals surface area contributed by atoms with Crippen LogP contribution in [0.4, 0.5) is 0 Å². The number of para-hydroxylation sites is 1. The molecule has 0 aliphatic heterocycles. The number of aliphatic carboxylic acids is 2. The maximum Gasteiger partial charge on any atom is 0.347 e. The van der Waals surface area contributed by atoms with Crippen LogP contribution in [-0.4, -0.2) is 49.8 Å². The van der Waals surface area contributed by atoms with Crippen molar-refractivity contribution in [3.05, 3.63) is 36.0 Å². The minimum Gasteiger partial charge on any atom is -0.481 e. The second-order valence-electron chi connectivity index (χ2n) is 5.09. The van der Waals surface area contributed by atoms with Crippen molar-refractivity contribution in [2.75, 3.05) is 0 Å². The van der Waals surface area contributed by atoms with Crippen LogP contribution in [0.1, 0.15) is 23.2 Å². The van der Waals surface area contributed by atoms with Crippen molar-refractivity contribution in [2.45, 2.75) is 18.4 Å². The Hall–Kier alpha value is -3.20. The first-order chi connectivity index (χ1) is 11.2. The summed E-state index contributed by atoms with van der Waals surface area (Å²) in [5.74, 6) is -5.91. The van der Waals surface area contributed by atoms with Crippen molar-refractivity contribution in [3.8, 4) is 0 Å². The maximum atomic E-state index is 12.0. The van der Waals surface area contributed by atoms with E-state index in [1.54, 1.807) is 24.3 Å². The number of ether oxygens (including phenoxy) is 1. The van der Waals surface area contributed by atoms with Gasteiger partial charge in [0.05, 0.1) is 18.4 Å². The van der Waals surface area contributed by atoms with E-state index in [1.807, 2.05) is 0 Å². The molecule has 0 spiro atoms. The molecule has 4 N–H and O–H groups in total. The van der Waals surface area contributed by atoms with Crippen molar-refractivity contribution >= 4 is 34.8 Å². The summed E-state index contributed by atoms with van der Waals surface area (Å²) >= 11 is 0. The number of carbonyl (C=O) groups is 4. The second-order valence-corrected chi connectivity index (χ2v) is 5.09. The zero-order valence-electron chi connectivity index (χ0n) is 12.2. The van der Waals surface area contributed by atoms with Gasteiger partial charge >= 0.3 is 23.9 Å². The van der Waals surface area contributed by atoms with E-state index < -0.39 is 42.3 Å². The summed E-state index contributed by atoms with van der Waals surface area (Å²) in [4.78, 5) is 48.1. The van der Waals surface area contributed by atoms with Gasteiger partial charge in [-0.15, -0.1) is 0 Å². The maximum absolute atomic E-state index is 12.0. The number of rotatable bonds is 6. The predicted molar refractivity (Wildman–Crippen MR) is 78.2 cm³/mol. The summed E-state index contributed by atoms with van der Waals surface area (Å²) < 4.78 is 4.52. The number of carboxylic acids is 2. The van der Waals surface area contributed by atoms with Crippen molar-refractivity contribution in [2.24, 2.45) is 0 Å². The van der Waals surface area contributed by atoms with Gasteiger partial charge in [-0.2, -0.15) is 0 Å². The van der Waals surface area contributed by atoms with Crippen LogP contribution in [-0.2, 0) is 19.1 Å². The first-order valence-corrected chi connectivity index (χ1v) is 6.71. The third-order valence-corrected chi connectivity index (χ3v) is 3.29. The molecular formula is C15H13NO8. The van der Waals surface area contributed by atoms with E-state index in [1.165, 1.54) is 6.20 Å². The van der Waals surface area contributed by atoms with Crippen LogP contribution in [0.3, 0.4) is 0 Å². The molecule has 1 unspecified atom stereocenters. The molecule has 1 heterocycles. The number of carbonyl (C=O) groups excluding carboxylic acids is 2. The van der Waals surface area contributed by atoms with Crippen molar-refractivity contribution in [3.63, 3.8) is 0 Å². The summed E-state index contributed by atoms with van der Waals surface area (Å²) in [7, 11) is 0. The zero-order valence-corrected chi connectivity index (χ0v) is 12.2. The Balaban J connectivity index is 2.12. The number of hydrogen-bond acceptors (Lipinski definition) is 6. The average molecular weight is 335 g/mol. The van der Waals surface area contributed by atoms with E-state index in [-0.39, 0.29) is 5.56 Å². The minimum atomic E-state index is -2.86. The molecule has 0 aliphatic carbocycles. The van der Waals surface area contributed by atoms with Crippen LogP contribution in [0.2, 0.25) is 0 Å². The number of aliphatic hydroxyl groups is 1. The highest BCUT2D eigenvalue weighted by Crippen LogP contribution is 2.20. The van der Waals surface area contributed by atoms with E-state index >= 15 is 0 Å². The van der Waals surface area contributed by atoms with Crippen LogP contribution < -0.4 is 0 Å². The molecule has 0 saturated carbocycles. The van der Waals surface area contributed by atoms with Crippen molar-refractivity contribution in [1.82, 2.24) is 4.98 Å². The molecule has 126 valence electrons. The third kappa shape index (κ3) is 3.58. The molecule has 9 heteroatoms. The number of fused-ring (bicyclic) bond motifs is 1. The number of H-pyrrole nitrogens is 1. The van der Waals surface area contributed by atoms with Gasteiger partial charge in [0.2, 0.25) is 0 Å². The molecule has 1 aromatic carbocycles. The fourth-order valence-corrected chi connectivity index (χ4v) is 2.14. The standard InChI is InChI=1S/C15H13NO8/c17-11(18)5-15(23,14(21)22)6-12(19)24-13(20)9-7-16-10-4-2-1-3-8(9)10/h1-4,7,16,23H,5-6H2,(H,17,18)(H,21,22). The Morgan fingerprint density at radius 1 is 1.08 bits per heavy atom. The lowest BCUT2D eigenvalue weighted by atomic mass is 9.96. The first-order valence-electron chi connectivity index (χ1n) is 6.71. The van der Waals surface area contributed by atoms with Gasteiger partial charge in [-0.1, -0.05) is 18.2 Å². The molecule has 1 aromatic heterocycles. The van der Waals surface area contributed by atoms with E-state index in [0.717, 1.165) is 0 Å². The number of aromatic amines is 1. The highest BCUT2D eigenvalue weighted by molar-refractivity contribution is 6.07. The fourth-order valence-electron chi connectivity index (χ4n) is 2.14. The molecule has 0 aliphatic rings. The highest BCUT2D eigenvalue weighted by atomic mass is 16.6. The molecule has 0 saturated heterocycles. The van der Waals surface area contributed by atoms with Crippen LogP contribution in [0.25, 0.3) is 10.9 Å². The fraction of sp³-hybridized carbons (Fsp3) is 0.200. The molecule has 0 fully saturated rings. The largest absolute Gasteiger partial charge is 0.481 e. The molecular weight excluding hydrogens is 322 g/mol. The summed E-state index contributed by atoms with van der Waals surface area (Å²) in [6.45, 7) is 0. The Morgan fingerprint density at radius 3 is 2.38 bits per heavy atom. The lowest BCUT2D eigenvalue weighted by Gasteiger charge is -2.19. The molecule has 0 bridgehead atoms. The smallest absolute Gasteiger partial charge is 0.347 e. The van der Waals surface area contributed by atoms with Gasteiger partial charge in [-0.25, -0.2) is 9.59 Å². The number of aromatic nitrogens is 1. The molecule has 0 amide bonds. The van der Waals surface area contributed by atoms with E-state index in [0.29, 0.717) is 10.9 Å². The molecule has 24 heavy (non-hydrogen) atoms. The number of benzene rings is 1. The Kier molecular flexibility index (Phi) is 4.65. The first kappa shape index (κ1) is 17.2. The van der Waals surface area contributed by atoms with Gasteiger partial charge in [-0.05, 0) is 6.07 Å². The quantitative estimate of drug-likeness (QED) is 0.440. The van der Waals surface area contributed by atoms with Crippen LogP contribution in [0.15, 0.2) is 30.5 Å². The third-order valence-electron chi connectivity index (χ3n) is 3.29. The monoisotopic (exact) mass is 335 g/mol. The normalized spacial score (nSPS) is 13.2. The molecule has 0 radical (unpaired) electrons. The molecule has 1 atom stereocenters. The van der Waals surface area contributed by atoms with Crippen LogP contribution in [0.5, 0.6) is 0 Å². The average Bonchev–Trinajstić information content (AvgIpc) is 2.89. The van der Waals surface area contributed by atoms with Crippen LogP contribution >= 0.6 is 0 Å². The molecule has 2 rings (SSSR count). The predicted octanol–water partition coefficient (Wildman–Crippen LogP) is 0.532. The van der Waals surface area contributed by atoms with Crippen molar-refractivity contribution < 1.29 is 39.2 Å². The summed E-state index contributed by atoms with van der Waals surface area (Å²) in [6.07, 6.45) is -1.07. The van der Waals surface area contributed by atoms with Gasteiger partial charge in [0.15, 0.2) is 5.60 Å². The van der Waals surface area contributed by atoms with E-state index in [4.69, 9.17) is 10.2 Å². The van der Waals surface area contributed by atoms with Gasteiger partial charge < -0.3 is 25.0 Å². The van der Waals surface area contributed by atoms with Crippen LogP contribution in [0, 0.1) is 0 Å². The number of hydrogen-bond donors (Lipinski definition) is 4. The number of nitrogens with one attached hydrogen (secondary N) is 1. The second kappa shape index (κ2) is 6.50. The lowest BCUT2D eigenvalue weighted by molar-refractivity contribution is -0.170. The Bertz CT molecular complexity index is 824. The zero-order chi connectivity index (χ0) is 17.9. The SMILES string of the molecule is O=C(O)CC(O)(CC(=O)OC(=O)c1c[nH]c2ccccc12)C(=O)O. The van der Waals surface area contributed by atoms with E-state index in [2.05, 4.69) is 9.72 Å². The molecule has 9 nitrogen and oxygen atoms in total. The summed E-state index contributed by atoms with van der Waals surface area (Å²) in [5.41, 5.74) is -2.18. The van der Waals surface area contributed by atoms with Gasteiger partial charge in [0.1, 0.15) is 0 Å². The van der Waals surface area contributed by atoms with Gasteiger partial charge in [0.25, 0.3) is 0 Å². The summed E-state index contributed by atoms with van der Waals surface area (Å²) in [5, 5.41) is 27.7. The number of carboxylic acid groups (broad SMARTS) is 2. The minimum absolute atomic E-state index is 0.0519. The number of esters is 2. The Labute approximate surface area is 134 Å². The topological polar surface area (TPSA) is 154 Å². The van der Waals surface area contributed by atoms with Gasteiger partial charge in [0, 0.05) is 17.1 Å². The lowest BCUT2D eigenvalue weighted by Crippen LogP contribution is -2.43.